The summed E-state index contributed by atoms with van der Waals surface area (Å²) >= 11 is 0. The van der Waals surface area contributed by atoms with Crippen molar-refractivity contribution in [3.05, 3.63) is 29.8 Å². The van der Waals surface area contributed by atoms with Crippen molar-refractivity contribution >= 4 is 17.3 Å². The number of oxime groups is 1. The van der Waals surface area contributed by atoms with Crippen LogP contribution in [0, 0.1) is 0 Å². The zero-order valence-corrected chi connectivity index (χ0v) is 12.7. The van der Waals surface area contributed by atoms with Gasteiger partial charge in [0.25, 0.3) is 0 Å². The molecule has 0 spiro atoms. The number of hydrogen-bond acceptors (Lipinski definition) is 4. The van der Waals surface area contributed by atoms with Gasteiger partial charge < -0.3 is 15.4 Å². The molecule has 1 aliphatic heterocycles. The van der Waals surface area contributed by atoms with Crippen LogP contribution in [0.1, 0.15) is 38.7 Å². The molecule has 0 saturated heterocycles. The van der Waals surface area contributed by atoms with Crippen LogP contribution in [0.15, 0.2) is 29.4 Å². The molecule has 1 aromatic rings. The Morgan fingerprint density at radius 1 is 1.38 bits per heavy atom. The van der Waals surface area contributed by atoms with E-state index in [1.165, 1.54) is 0 Å². The molecule has 0 aromatic heterocycles. The fraction of sp³-hybridized carbons (Fsp3) is 0.500. The second-order valence-corrected chi connectivity index (χ2v) is 5.32. The molecular weight excluding hydrogens is 266 g/mol. The Hall–Kier alpha value is -2.04. The molecule has 1 heterocycles. The van der Waals surface area contributed by atoms with Gasteiger partial charge in [0, 0.05) is 30.3 Å². The van der Waals surface area contributed by atoms with Crippen LogP contribution in [0.3, 0.4) is 0 Å². The molecule has 0 radical (unpaired) electrons. The van der Waals surface area contributed by atoms with E-state index in [0.29, 0.717) is 25.2 Å². The summed E-state index contributed by atoms with van der Waals surface area (Å²) < 4.78 is 0. The van der Waals surface area contributed by atoms with Crippen molar-refractivity contribution in [3.63, 3.8) is 0 Å². The Kier molecular flexibility index (Phi) is 5.20. The predicted molar refractivity (Wildman–Crippen MR) is 84.1 cm³/mol. The first kappa shape index (κ1) is 15.4. The maximum Gasteiger partial charge on any atom is 0.239 e. The highest BCUT2D eigenvalue weighted by Gasteiger charge is 2.23. The standard InChI is InChI=1S/C16H23N3O2/c1-3-12(4-2)17-16(20)11-19-10-9-14(18-21)13-7-5-6-8-15(13)19/h5-8,12,21H,3-4,9-11H2,1-2H3,(H,17,20). The second kappa shape index (κ2) is 7.11. The third-order valence-corrected chi connectivity index (χ3v) is 3.98. The molecule has 0 bridgehead atoms. The topological polar surface area (TPSA) is 64.9 Å². The van der Waals surface area contributed by atoms with Crippen molar-refractivity contribution in [1.29, 1.82) is 0 Å². The zero-order valence-electron chi connectivity index (χ0n) is 12.7. The number of rotatable bonds is 5. The lowest BCUT2D eigenvalue weighted by Crippen LogP contribution is -2.44. The van der Waals surface area contributed by atoms with Crippen LogP contribution in [0.4, 0.5) is 5.69 Å². The summed E-state index contributed by atoms with van der Waals surface area (Å²) in [6.45, 7) is 5.18. The first-order chi connectivity index (χ1) is 10.2. The molecule has 1 aliphatic rings. The fourth-order valence-electron chi connectivity index (χ4n) is 2.70. The van der Waals surface area contributed by atoms with Gasteiger partial charge in [-0.15, -0.1) is 0 Å². The number of para-hydroxylation sites is 1. The Labute approximate surface area is 125 Å². The lowest BCUT2D eigenvalue weighted by molar-refractivity contribution is -0.120. The van der Waals surface area contributed by atoms with Gasteiger partial charge in [-0.2, -0.15) is 0 Å². The van der Waals surface area contributed by atoms with Gasteiger partial charge >= 0.3 is 0 Å². The molecule has 21 heavy (non-hydrogen) atoms. The van der Waals surface area contributed by atoms with Crippen molar-refractivity contribution < 1.29 is 10.0 Å². The molecule has 1 amide bonds. The maximum absolute atomic E-state index is 12.2. The number of carbonyl (C=O) groups excluding carboxylic acids is 1. The summed E-state index contributed by atoms with van der Waals surface area (Å²) in [6.07, 6.45) is 2.53. The molecule has 5 heteroatoms. The van der Waals surface area contributed by atoms with Crippen LogP contribution >= 0.6 is 0 Å². The Morgan fingerprint density at radius 2 is 2.10 bits per heavy atom. The molecule has 0 atom stereocenters. The molecule has 0 aliphatic carbocycles. The lowest BCUT2D eigenvalue weighted by atomic mass is 9.99. The highest BCUT2D eigenvalue weighted by Crippen LogP contribution is 2.26. The smallest absolute Gasteiger partial charge is 0.239 e. The monoisotopic (exact) mass is 289 g/mol. The SMILES string of the molecule is CCC(CC)NC(=O)CN1CCC(=NO)c2ccccc21. The number of anilines is 1. The van der Waals surface area contributed by atoms with Gasteiger partial charge in [-0.3, -0.25) is 4.79 Å². The van der Waals surface area contributed by atoms with Gasteiger partial charge in [0.2, 0.25) is 5.91 Å². The minimum Gasteiger partial charge on any atom is -0.411 e. The Bertz CT molecular complexity index is 524. The second-order valence-electron chi connectivity index (χ2n) is 5.32. The minimum absolute atomic E-state index is 0.0443. The summed E-state index contributed by atoms with van der Waals surface area (Å²) in [7, 11) is 0. The molecule has 114 valence electrons. The van der Waals surface area contributed by atoms with E-state index in [1.807, 2.05) is 29.2 Å². The van der Waals surface area contributed by atoms with Gasteiger partial charge in [-0.05, 0) is 18.9 Å². The van der Waals surface area contributed by atoms with Crippen molar-refractivity contribution in [2.24, 2.45) is 5.16 Å². The van der Waals surface area contributed by atoms with Crippen molar-refractivity contribution in [3.8, 4) is 0 Å². The number of fused-ring (bicyclic) bond motifs is 1. The van der Waals surface area contributed by atoms with Crippen molar-refractivity contribution in [1.82, 2.24) is 5.32 Å². The van der Waals surface area contributed by atoms with E-state index < -0.39 is 0 Å². The van der Waals surface area contributed by atoms with Crippen LogP contribution in [0.25, 0.3) is 0 Å². The molecule has 0 unspecified atom stereocenters. The highest BCUT2D eigenvalue weighted by molar-refractivity contribution is 6.07. The summed E-state index contributed by atoms with van der Waals surface area (Å²) in [5.74, 6) is 0.0443. The molecule has 1 aromatic carbocycles. The van der Waals surface area contributed by atoms with Gasteiger partial charge in [0.05, 0.1) is 12.3 Å². The lowest BCUT2D eigenvalue weighted by Gasteiger charge is -2.31. The number of benzene rings is 1. The quantitative estimate of drug-likeness (QED) is 0.646. The number of nitrogens with one attached hydrogen (secondary N) is 1. The zero-order chi connectivity index (χ0) is 15.2. The van der Waals surface area contributed by atoms with Crippen LogP contribution in [-0.4, -0.2) is 36.0 Å². The Morgan fingerprint density at radius 3 is 2.76 bits per heavy atom. The molecule has 5 nitrogen and oxygen atoms in total. The summed E-state index contributed by atoms with van der Waals surface area (Å²) in [5.41, 5.74) is 2.54. The predicted octanol–water partition coefficient (Wildman–Crippen LogP) is 2.38. The third-order valence-electron chi connectivity index (χ3n) is 3.98. The average Bonchev–Trinajstić information content (AvgIpc) is 2.53. The van der Waals surface area contributed by atoms with Gasteiger partial charge in [-0.25, -0.2) is 0 Å². The van der Waals surface area contributed by atoms with Crippen LogP contribution < -0.4 is 10.2 Å². The fourth-order valence-corrected chi connectivity index (χ4v) is 2.70. The first-order valence-corrected chi connectivity index (χ1v) is 7.54. The van der Waals surface area contributed by atoms with E-state index in [1.54, 1.807) is 0 Å². The normalized spacial score (nSPS) is 16.1. The molecular formula is C16H23N3O2. The Balaban J connectivity index is 2.10. The summed E-state index contributed by atoms with van der Waals surface area (Å²) in [4.78, 5) is 14.2. The van der Waals surface area contributed by atoms with Crippen LogP contribution in [0.2, 0.25) is 0 Å². The molecule has 2 rings (SSSR count). The van der Waals surface area contributed by atoms with E-state index in [0.717, 1.165) is 24.1 Å². The number of carbonyl (C=O) groups is 1. The summed E-state index contributed by atoms with van der Waals surface area (Å²) in [5, 5.41) is 15.5. The van der Waals surface area contributed by atoms with E-state index in [9.17, 15) is 4.79 Å². The van der Waals surface area contributed by atoms with E-state index in [-0.39, 0.29) is 11.9 Å². The molecule has 0 fully saturated rings. The first-order valence-electron chi connectivity index (χ1n) is 7.54. The third kappa shape index (κ3) is 3.54. The maximum atomic E-state index is 12.2. The minimum atomic E-state index is 0.0443. The van der Waals surface area contributed by atoms with Crippen LogP contribution in [0.5, 0.6) is 0 Å². The molecule has 0 saturated carbocycles. The van der Waals surface area contributed by atoms with E-state index in [4.69, 9.17) is 5.21 Å². The van der Waals surface area contributed by atoms with Gasteiger partial charge in [0.1, 0.15) is 0 Å². The number of amides is 1. The number of nitrogens with zero attached hydrogens (tertiary/aromatic N) is 2. The van der Waals surface area contributed by atoms with Crippen LogP contribution in [-0.2, 0) is 4.79 Å². The highest BCUT2D eigenvalue weighted by atomic mass is 16.4. The van der Waals surface area contributed by atoms with Crippen molar-refractivity contribution in [2.75, 3.05) is 18.0 Å². The van der Waals surface area contributed by atoms with Gasteiger partial charge in [0.15, 0.2) is 0 Å². The summed E-state index contributed by atoms with van der Waals surface area (Å²) in [6, 6.07) is 7.98. The molecule has 2 N–H and O–H groups in total. The average molecular weight is 289 g/mol. The largest absolute Gasteiger partial charge is 0.411 e. The van der Waals surface area contributed by atoms with Crippen molar-refractivity contribution in [2.45, 2.75) is 39.2 Å². The van der Waals surface area contributed by atoms with Gasteiger partial charge in [-0.1, -0.05) is 37.2 Å². The van der Waals surface area contributed by atoms with E-state index >= 15 is 0 Å². The van der Waals surface area contributed by atoms with E-state index in [2.05, 4.69) is 24.3 Å². The number of hydrogen-bond donors (Lipinski definition) is 2.